The Balaban J connectivity index is 0.000000197. The second-order valence-corrected chi connectivity index (χ2v) is 7.97. The molecule has 1 aliphatic rings. The van der Waals surface area contributed by atoms with Gasteiger partial charge in [0.05, 0.1) is 22.3 Å². The van der Waals surface area contributed by atoms with E-state index in [1.165, 1.54) is 23.4 Å². The first-order valence-corrected chi connectivity index (χ1v) is 9.00. The van der Waals surface area contributed by atoms with Gasteiger partial charge in [0, 0.05) is 12.6 Å². The van der Waals surface area contributed by atoms with Gasteiger partial charge in [-0.15, -0.1) is 0 Å². The van der Waals surface area contributed by atoms with Gasteiger partial charge >= 0.3 is 0 Å². The smallest absolute Gasteiger partial charge is 0.152 e. The Morgan fingerprint density at radius 2 is 1.77 bits per heavy atom. The normalized spacial score (nSPS) is 13.2. The summed E-state index contributed by atoms with van der Waals surface area (Å²) in [5, 5.41) is 9.21. The number of nitrogens with zero attached hydrogens (tertiary/aromatic N) is 1. The third kappa shape index (κ3) is 4.83. The second-order valence-electron chi connectivity index (χ2n) is 7.15. The molecule has 1 heterocycles. The monoisotopic (exact) mass is 395 g/mol. The van der Waals surface area contributed by atoms with E-state index in [2.05, 4.69) is 50.9 Å². The van der Waals surface area contributed by atoms with Crippen LogP contribution in [-0.2, 0) is 5.41 Å². The van der Waals surface area contributed by atoms with Crippen molar-refractivity contribution in [2.75, 3.05) is 25.1 Å². The van der Waals surface area contributed by atoms with Crippen LogP contribution in [0.15, 0.2) is 30.3 Å². The first-order valence-electron chi connectivity index (χ1n) is 8.25. The first-order chi connectivity index (χ1) is 12.1. The van der Waals surface area contributed by atoms with Gasteiger partial charge in [-0.3, -0.25) is 4.79 Å². The fourth-order valence-electron chi connectivity index (χ4n) is 2.47. The highest BCUT2D eigenvalue weighted by molar-refractivity contribution is 6.37. The van der Waals surface area contributed by atoms with Gasteiger partial charge in [-0.2, -0.15) is 0 Å². The average molecular weight is 396 g/mol. The molecular weight excluding hydrogens is 373 g/mol. The fraction of sp³-hybridized carbons (Fsp3) is 0.350. The minimum atomic E-state index is -0.195. The number of phenols is 1. The lowest BCUT2D eigenvalue weighted by atomic mass is 9.86. The Labute approximate surface area is 164 Å². The Morgan fingerprint density at radius 1 is 1.15 bits per heavy atom. The van der Waals surface area contributed by atoms with E-state index >= 15 is 0 Å². The van der Waals surface area contributed by atoms with E-state index in [1.54, 1.807) is 0 Å². The highest BCUT2D eigenvalue weighted by Crippen LogP contribution is 2.35. The molecule has 6 heteroatoms. The molecule has 0 saturated carbocycles. The van der Waals surface area contributed by atoms with Crippen molar-refractivity contribution in [2.45, 2.75) is 26.2 Å². The molecule has 4 nitrogen and oxygen atoms in total. The predicted octanol–water partition coefficient (Wildman–Crippen LogP) is 5.32. The molecule has 0 unspecified atom stereocenters. The van der Waals surface area contributed by atoms with Crippen LogP contribution in [0, 0.1) is 0 Å². The van der Waals surface area contributed by atoms with Crippen molar-refractivity contribution in [1.82, 2.24) is 0 Å². The summed E-state index contributed by atoms with van der Waals surface area (Å²) in [7, 11) is 2.12. The van der Waals surface area contributed by atoms with Crippen molar-refractivity contribution in [3.63, 3.8) is 0 Å². The molecule has 0 saturated heterocycles. The molecular formula is C20H23Cl2NO3. The summed E-state index contributed by atoms with van der Waals surface area (Å²) >= 11 is 11.0. The minimum absolute atomic E-state index is 0.0830. The zero-order valence-corrected chi connectivity index (χ0v) is 16.9. The van der Waals surface area contributed by atoms with Crippen molar-refractivity contribution in [3.8, 4) is 11.5 Å². The molecule has 2 aromatic rings. The Hall–Kier alpha value is -1.91. The highest BCUT2D eigenvalue weighted by Gasteiger charge is 2.19. The van der Waals surface area contributed by atoms with Gasteiger partial charge in [0.15, 0.2) is 5.75 Å². The number of ether oxygens (including phenoxy) is 1. The Kier molecular flexibility index (Phi) is 6.43. The molecule has 26 heavy (non-hydrogen) atoms. The molecule has 0 spiro atoms. The van der Waals surface area contributed by atoms with Crippen LogP contribution in [0.2, 0.25) is 10.0 Å². The van der Waals surface area contributed by atoms with Crippen molar-refractivity contribution < 1.29 is 14.6 Å². The van der Waals surface area contributed by atoms with Gasteiger partial charge in [-0.1, -0.05) is 50.0 Å². The predicted molar refractivity (Wildman–Crippen MR) is 107 cm³/mol. The molecule has 0 atom stereocenters. The molecule has 0 aromatic heterocycles. The lowest BCUT2D eigenvalue weighted by Gasteiger charge is -2.30. The van der Waals surface area contributed by atoms with Gasteiger partial charge in [0.2, 0.25) is 0 Å². The number of carbonyl (C=O) groups is 1. The van der Waals surface area contributed by atoms with Crippen molar-refractivity contribution in [3.05, 3.63) is 51.5 Å². The van der Waals surface area contributed by atoms with Crippen LogP contribution < -0.4 is 9.64 Å². The molecule has 1 aliphatic heterocycles. The first kappa shape index (κ1) is 20.4. The van der Waals surface area contributed by atoms with E-state index in [9.17, 15) is 4.79 Å². The van der Waals surface area contributed by atoms with Crippen LogP contribution in [0.5, 0.6) is 11.5 Å². The molecule has 0 radical (unpaired) electrons. The van der Waals surface area contributed by atoms with Crippen LogP contribution in [0.1, 0.15) is 36.7 Å². The molecule has 0 bridgehead atoms. The standard InChI is InChI=1S/C13H19NO.C7H4Cl2O2/c1-13(2,3)10-5-6-12-11(9-10)14(4)7-8-15-12;8-5-1-4(3-10)2-6(9)7(5)11/h5-6,9H,7-8H2,1-4H3;1-3,11H. The Bertz CT molecular complexity index is 777. The fourth-order valence-corrected chi connectivity index (χ4v) is 2.97. The van der Waals surface area contributed by atoms with Crippen molar-refractivity contribution in [2.24, 2.45) is 0 Å². The summed E-state index contributed by atoms with van der Waals surface area (Å²) in [5.74, 6) is 0.815. The van der Waals surface area contributed by atoms with Crippen LogP contribution in [0.4, 0.5) is 5.69 Å². The SMILES string of the molecule is CN1CCOc2ccc(C(C)(C)C)cc21.O=Cc1cc(Cl)c(O)c(Cl)c1. The second kappa shape index (κ2) is 8.19. The topological polar surface area (TPSA) is 49.8 Å². The number of hydrogen-bond donors (Lipinski definition) is 1. The third-order valence-corrected chi connectivity index (χ3v) is 4.67. The maximum Gasteiger partial charge on any atom is 0.152 e. The summed E-state index contributed by atoms with van der Waals surface area (Å²) in [4.78, 5) is 12.5. The van der Waals surface area contributed by atoms with Gasteiger partial charge in [-0.25, -0.2) is 0 Å². The lowest BCUT2D eigenvalue weighted by molar-refractivity contribution is 0.112. The van der Waals surface area contributed by atoms with Crippen molar-refractivity contribution in [1.29, 1.82) is 0 Å². The number of benzene rings is 2. The summed E-state index contributed by atoms with van der Waals surface area (Å²) in [6, 6.07) is 9.18. The molecule has 3 rings (SSSR count). The van der Waals surface area contributed by atoms with E-state index in [0.29, 0.717) is 11.8 Å². The number of anilines is 1. The largest absolute Gasteiger partial charge is 0.505 e. The van der Waals surface area contributed by atoms with E-state index in [0.717, 1.165) is 18.9 Å². The number of aromatic hydroxyl groups is 1. The lowest BCUT2D eigenvalue weighted by Crippen LogP contribution is -2.29. The summed E-state index contributed by atoms with van der Waals surface area (Å²) in [5.41, 5.74) is 3.12. The van der Waals surface area contributed by atoms with Crippen LogP contribution in [0.25, 0.3) is 0 Å². The Morgan fingerprint density at radius 3 is 2.31 bits per heavy atom. The maximum atomic E-state index is 10.2. The zero-order chi connectivity index (χ0) is 19.5. The highest BCUT2D eigenvalue weighted by atomic mass is 35.5. The number of carbonyl (C=O) groups excluding carboxylic acids is 1. The van der Waals surface area contributed by atoms with E-state index < -0.39 is 0 Å². The number of hydrogen-bond acceptors (Lipinski definition) is 4. The maximum absolute atomic E-state index is 10.2. The van der Waals surface area contributed by atoms with Gasteiger partial charge in [0.25, 0.3) is 0 Å². The molecule has 0 aliphatic carbocycles. The molecule has 0 fully saturated rings. The number of fused-ring (bicyclic) bond motifs is 1. The van der Waals surface area contributed by atoms with Crippen molar-refractivity contribution >= 4 is 35.2 Å². The van der Waals surface area contributed by atoms with Gasteiger partial charge in [0.1, 0.15) is 18.6 Å². The van der Waals surface area contributed by atoms with E-state index in [-0.39, 0.29) is 21.2 Å². The molecule has 1 N–H and O–H groups in total. The van der Waals surface area contributed by atoms with Crippen LogP contribution in [-0.4, -0.2) is 31.6 Å². The number of likely N-dealkylation sites (N-methyl/N-ethyl adjacent to an activating group) is 1. The summed E-state index contributed by atoms with van der Waals surface area (Å²) in [6.07, 6.45) is 0.608. The number of halogens is 2. The molecule has 2 aromatic carbocycles. The number of rotatable bonds is 1. The number of phenolic OH excluding ortho intramolecular Hbond substituents is 1. The van der Waals surface area contributed by atoms with E-state index in [4.69, 9.17) is 33.0 Å². The molecule has 140 valence electrons. The number of aldehydes is 1. The third-order valence-electron chi connectivity index (χ3n) is 4.10. The molecule has 0 amide bonds. The quantitative estimate of drug-likeness (QED) is 0.663. The van der Waals surface area contributed by atoms with Gasteiger partial charge in [-0.05, 0) is 35.2 Å². The van der Waals surface area contributed by atoms with Crippen LogP contribution >= 0.6 is 23.2 Å². The van der Waals surface area contributed by atoms with E-state index in [1.807, 2.05) is 0 Å². The average Bonchev–Trinajstić information content (AvgIpc) is 2.59. The summed E-state index contributed by atoms with van der Waals surface area (Å²) < 4.78 is 5.62. The van der Waals surface area contributed by atoms with Gasteiger partial charge < -0.3 is 14.7 Å². The summed E-state index contributed by atoms with van der Waals surface area (Å²) in [6.45, 7) is 8.47. The van der Waals surface area contributed by atoms with Crippen LogP contribution in [0.3, 0.4) is 0 Å². The zero-order valence-electron chi connectivity index (χ0n) is 15.3. The minimum Gasteiger partial charge on any atom is -0.505 e.